The van der Waals surface area contributed by atoms with Crippen LogP contribution in [0.15, 0.2) is 22.7 Å². The zero-order valence-corrected chi connectivity index (χ0v) is 10.0. The van der Waals surface area contributed by atoms with Gasteiger partial charge >= 0.3 is 0 Å². The van der Waals surface area contributed by atoms with Crippen molar-refractivity contribution < 1.29 is 0 Å². The van der Waals surface area contributed by atoms with Crippen molar-refractivity contribution >= 4 is 38.6 Å². The van der Waals surface area contributed by atoms with Crippen molar-refractivity contribution in [3.8, 4) is 0 Å². The van der Waals surface area contributed by atoms with Crippen LogP contribution in [0.25, 0.3) is 10.9 Å². The van der Waals surface area contributed by atoms with Gasteiger partial charge < -0.3 is 4.98 Å². The van der Waals surface area contributed by atoms with Crippen LogP contribution in [-0.4, -0.2) is 10.7 Å². The molecule has 0 fully saturated rings. The van der Waals surface area contributed by atoms with E-state index in [0.29, 0.717) is 0 Å². The molecular formula is C11H10BrNS. The average molecular weight is 268 g/mol. The van der Waals surface area contributed by atoms with Crippen LogP contribution in [0, 0.1) is 0 Å². The highest BCUT2D eigenvalue weighted by molar-refractivity contribution is 9.10. The van der Waals surface area contributed by atoms with E-state index in [4.69, 9.17) is 0 Å². The molecule has 0 atom stereocenters. The fourth-order valence-corrected chi connectivity index (χ4v) is 3.40. The molecule has 3 heteroatoms. The average Bonchev–Trinajstić information content (AvgIpc) is 2.54. The molecule has 1 N–H and O–H groups in total. The van der Waals surface area contributed by atoms with Crippen LogP contribution in [-0.2, 0) is 12.2 Å². The number of rotatable bonds is 0. The van der Waals surface area contributed by atoms with E-state index in [2.05, 4.69) is 39.1 Å². The summed E-state index contributed by atoms with van der Waals surface area (Å²) < 4.78 is 1.15. The lowest BCUT2D eigenvalue weighted by atomic mass is 10.1. The van der Waals surface area contributed by atoms with Crippen LogP contribution in [0.5, 0.6) is 0 Å². The Kier molecular flexibility index (Phi) is 2.10. The van der Waals surface area contributed by atoms with Gasteiger partial charge in [-0.2, -0.15) is 11.8 Å². The predicted octanol–water partition coefficient (Wildman–Crippen LogP) is 3.72. The summed E-state index contributed by atoms with van der Waals surface area (Å²) >= 11 is 5.53. The Hall–Kier alpha value is -0.410. The Bertz CT molecular complexity index is 489. The van der Waals surface area contributed by atoms with Crippen molar-refractivity contribution in [3.63, 3.8) is 0 Å². The topological polar surface area (TPSA) is 15.8 Å². The number of benzene rings is 1. The first kappa shape index (κ1) is 8.86. The number of aromatic amines is 1. The van der Waals surface area contributed by atoms with Crippen molar-refractivity contribution in [3.05, 3.63) is 33.9 Å². The Morgan fingerprint density at radius 2 is 2.29 bits per heavy atom. The molecular weight excluding hydrogens is 258 g/mol. The third kappa shape index (κ3) is 1.30. The van der Waals surface area contributed by atoms with E-state index in [0.717, 1.165) is 10.2 Å². The Labute approximate surface area is 95.4 Å². The van der Waals surface area contributed by atoms with Gasteiger partial charge in [-0.3, -0.25) is 0 Å². The first-order valence-electron chi connectivity index (χ1n) is 4.71. The van der Waals surface area contributed by atoms with E-state index in [-0.39, 0.29) is 0 Å². The number of hydrogen-bond donors (Lipinski definition) is 1. The first-order chi connectivity index (χ1) is 6.84. The molecule has 72 valence electrons. The molecule has 0 amide bonds. The Balaban J connectivity index is 2.31. The number of hydrogen-bond acceptors (Lipinski definition) is 1. The highest BCUT2D eigenvalue weighted by Gasteiger charge is 2.14. The van der Waals surface area contributed by atoms with Gasteiger partial charge in [0.2, 0.25) is 0 Å². The van der Waals surface area contributed by atoms with Gasteiger partial charge in [0, 0.05) is 26.8 Å². The molecule has 14 heavy (non-hydrogen) atoms. The molecule has 1 aromatic heterocycles. The van der Waals surface area contributed by atoms with Crippen LogP contribution in [0.2, 0.25) is 0 Å². The molecule has 0 saturated heterocycles. The van der Waals surface area contributed by atoms with Gasteiger partial charge in [-0.1, -0.05) is 22.0 Å². The number of thioether (sulfide) groups is 1. The summed E-state index contributed by atoms with van der Waals surface area (Å²) in [6.07, 6.45) is 1.19. The van der Waals surface area contributed by atoms with Gasteiger partial charge in [-0.15, -0.1) is 0 Å². The first-order valence-corrected chi connectivity index (χ1v) is 6.66. The van der Waals surface area contributed by atoms with Gasteiger partial charge in [0.05, 0.1) is 0 Å². The summed E-state index contributed by atoms with van der Waals surface area (Å²) in [4.78, 5) is 3.51. The van der Waals surface area contributed by atoms with Crippen molar-refractivity contribution in [1.29, 1.82) is 0 Å². The van der Waals surface area contributed by atoms with Crippen LogP contribution in [0.4, 0.5) is 0 Å². The van der Waals surface area contributed by atoms with E-state index in [1.54, 1.807) is 0 Å². The maximum Gasteiger partial charge on any atom is 0.0470 e. The second-order valence-electron chi connectivity index (χ2n) is 3.57. The third-order valence-corrected chi connectivity index (χ3v) is 4.18. The lowest BCUT2D eigenvalue weighted by Gasteiger charge is -2.09. The molecule has 1 nitrogen and oxygen atoms in total. The van der Waals surface area contributed by atoms with Crippen molar-refractivity contribution in [2.75, 3.05) is 5.75 Å². The number of aryl methyl sites for hydroxylation is 1. The Morgan fingerprint density at radius 3 is 3.21 bits per heavy atom. The van der Waals surface area contributed by atoms with E-state index < -0.39 is 0 Å². The number of fused-ring (bicyclic) bond motifs is 3. The second-order valence-corrected chi connectivity index (χ2v) is 5.60. The zero-order chi connectivity index (χ0) is 9.54. The molecule has 1 aliphatic rings. The molecule has 0 unspecified atom stereocenters. The Morgan fingerprint density at radius 1 is 1.36 bits per heavy atom. The van der Waals surface area contributed by atoms with E-state index >= 15 is 0 Å². The SMILES string of the molecule is Brc1ccc2c3c([nH]c2c1)CCSC3. The minimum atomic E-state index is 1.15. The lowest BCUT2D eigenvalue weighted by Crippen LogP contribution is -1.99. The molecule has 0 spiro atoms. The summed E-state index contributed by atoms with van der Waals surface area (Å²) in [6, 6.07) is 6.49. The standard InChI is InChI=1S/C11H10BrNS/c12-7-1-2-8-9-6-14-4-3-10(9)13-11(8)5-7/h1-2,5,13H,3-4,6H2. The minimum Gasteiger partial charge on any atom is -0.358 e. The molecule has 0 aliphatic carbocycles. The van der Waals surface area contributed by atoms with E-state index in [9.17, 15) is 0 Å². The summed E-state index contributed by atoms with van der Waals surface area (Å²) in [5.41, 5.74) is 4.23. The third-order valence-electron chi connectivity index (χ3n) is 2.70. The molecule has 1 aliphatic heterocycles. The van der Waals surface area contributed by atoms with Gasteiger partial charge in [0.1, 0.15) is 0 Å². The molecule has 2 heterocycles. The largest absolute Gasteiger partial charge is 0.358 e. The van der Waals surface area contributed by atoms with E-state index in [1.807, 2.05) is 11.8 Å². The van der Waals surface area contributed by atoms with Gasteiger partial charge in [0.15, 0.2) is 0 Å². The van der Waals surface area contributed by atoms with Gasteiger partial charge in [-0.25, -0.2) is 0 Å². The molecule has 0 radical (unpaired) electrons. The van der Waals surface area contributed by atoms with Crippen LogP contribution in [0.1, 0.15) is 11.3 Å². The number of aromatic nitrogens is 1. The highest BCUT2D eigenvalue weighted by Crippen LogP contribution is 2.32. The summed E-state index contributed by atoms with van der Waals surface area (Å²) in [6.45, 7) is 0. The quantitative estimate of drug-likeness (QED) is 0.770. The summed E-state index contributed by atoms with van der Waals surface area (Å²) in [5, 5.41) is 1.40. The fraction of sp³-hybridized carbons (Fsp3) is 0.273. The molecule has 2 aromatic rings. The zero-order valence-electron chi connectivity index (χ0n) is 7.64. The molecule has 0 bridgehead atoms. The van der Waals surface area contributed by atoms with E-state index in [1.165, 1.54) is 34.3 Å². The number of nitrogens with one attached hydrogen (secondary N) is 1. The van der Waals surface area contributed by atoms with Gasteiger partial charge in [-0.05, 0) is 29.9 Å². The number of H-pyrrole nitrogens is 1. The molecule has 3 rings (SSSR count). The predicted molar refractivity (Wildman–Crippen MR) is 65.9 cm³/mol. The smallest absolute Gasteiger partial charge is 0.0470 e. The van der Waals surface area contributed by atoms with Crippen molar-refractivity contribution in [2.24, 2.45) is 0 Å². The maximum absolute atomic E-state index is 3.51. The lowest BCUT2D eigenvalue weighted by molar-refractivity contribution is 1.04. The summed E-state index contributed by atoms with van der Waals surface area (Å²) in [7, 11) is 0. The molecule has 1 aromatic carbocycles. The number of halogens is 1. The summed E-state index contributed by atoms with van der Waals surface area (Å²) in [5.74, 6) is 2.41. The van der Waals surface area contributed by atoms with Gasteiger partial charge in [0.25, 0.3) is 0 Å². The monoisotopic (exact) mass is 267 g/mol. The minimum absolute atomic E-state index is 1.15. The van der Waals surface area contributed by atoms with Crippen molar-refractivity contribution in [2.45, 2.75) is 12.2 Å². The van der Waals surface area contributed by atoms with Crippen molar-refractivity contribution in [1.82, 2.24) is 4.98 Å². The normalized spacial score (nSPS) is 15.8. The second kappa shape index (κ2) is 3.31. The molecule has 0 saturated carbocycles. The maximum atomic E-state index is 3.51. The van der Waals surface area contributed by atoms with Crippen LogP contribution < -0.4 is 0 Å². The van der Waals surface area contributed by atoms with Crippen LogP contribution >= 0.6 is 27.7 Å². The fourth-order valence-electron chi connectivity index (χ4n) is 2.01. The van der Waals surface area contributed by atoms with Crippen LogP contribution in [0.3, 0.4) is 0 Å². The highest BCUT2D eigenvalue weighted by atomic mass is 79.9.